The standard InChI is InChI=1S/C33H36N2O5/c1-33(2,3)40-31(36)14-13-23-9-8-11-25(15-23)27-16-24(17-28(18-27)29-20-34-35(4)21-29)22-39-30-12-7-6-10-26(30)19-32(37)38-5/h6-12,15-18,20-21H,13-14,19,22H2,1-5H3. The summed E-state index contributed by atoms with van der Waals surface area (Å²) in [5.74, 6) is 0.122. The van der Waals surface area contributed by atoms with E-state index in [2.05, 4.69) is 35.4 Å². The van der Waals surface area contributed by atoms with Crippen LogP contribution in [0, 0.1) is 0 Å². The molecule has 0 spiro atoms. The Morgan fingerprint density at radius 3 is 2.27 bits per heavy atom. The second-order valence-corrected chi connectivity index (χ2v) is 10.8. The van der Waals surface area contributed by atoms with Crippen molar-refractivity contribution >= 4 is 11.9 Å². The number of methoxy groups -OCH3 is 1. The Kier molecular flexibility index (Phi) is 9.04. The zero-order valence-corrected chi connectivity index (χ0v) is 23.8. The summed E-state index contributed by atoms with van der Waals surface area (Å²) in [6, 6.07) is 22.0. The van der Waals surface area contributed by atoms with E-state index in [4.69, 9.17) is 14.2 Å². The Morgan fingerprint density at radius 2 is 1.57 bits per heavy atom. The first-order chi connectivity index (χ1) is 19.1. The monoisotopic (exact) mass is 540 g/mol. The van der Waals surface area contributed by atoms with Crippen molar-refractivity contribution in [3.05, 3.63) is 95.8 Å². The molecule has 0 amide bonds. The van der Waals surface area contributed by atoms with Crippen LogP contribution in [0.15, 0.2) is 79.1 Å². The van der Waals surface area contributed by atoms with Gasteiger partial charge in [-0.3, -0.25) is 14.3 Å². The fourth-order valence-electron chi connectivity index (χ4n) is 4.40. The summed E-state index contributed by atoms with van der Waals surface area (Å²) in [6.07, 6.45) is 4.88. The molecule has 1 aromatic heterocycles. The number of esters is 2. The molecule has 7 nitrogen and oxygen atoms in total. The number of para-hydroxylation sites is 1. The van der Waals surface area contributed by atoms with E-state index in [1.54, 1.807) is 4.68 Å². The highest BCUT2D eigenvalue weighted by Crippen LogP contribution is 2.30. The molecule has 0 fully saturated rings. The summed E-state index contributed by atoms with van der Waals surface area (Å²) in [5, 5.41) is 4.34. The van der Waals surface area contributed by atoms with E-state index < -0.39 is 5.60 Å². The molecule has 0 saturated heterocycles. The lowest BCUT2D eigenvalue weighted by Crippen LogP contribution is -2.24. The molecule has 0 bridgehead atoms. The van der Waals surface area contributed by atoms with Crippen LogP contribution in [-0.4, -0.2) is 34.4 Å². The van der Waals surface area contributed by atoms with Crippen LogP contribution in [0.25, 0.3) is 22.3 Å². The number of carbonyl (C=O) groups excluding carboxylic acids is 2. The number of aromatic nitrogens is 2. The molecule has 0 aliphatic heterocycles. The van der Waals surface area contributed by atoms with E-state index in [1.165, 1.54) is 7.11 Å². The van der Waals surface area contributed by atoms with Crippen LogP contribution in [0.5, 0.6) is 5.75 Å². The van der Waals surface area contributed by atoms with Crippen LogP contribution in [-0.2, 0) is 45.6 Å². The fraction of sp³-hybridized carbons (Fsp3) is 0.303. The lowest BCUT2D eigenvalue weighted by Gasteiger charge is -2.19. The summed E-state index contributed by atoms with van der Waals surface area (Å²) in [5.41, 5.74) is 6.40. The first-order valence-electron chi connectivity index (χ1n) is 13.3. The second-order valence-electron chi connectivity index (χ2n) is 10.8. The zero-order valence-electron chi connectivity index (χ0n) is 23.8. The van der Waals surface area contributed by atoms with Crippen LogP contribution in [0.1, 0.15) is 43.9 Å². The largest absolute Gasteiger partial charge is 0.489 e. The molecule has 40 heavy (non-hydrogen) atoms. The third kappa shape index (κ3) is 8.06. The zero-order chi connectivity index (χ0) is 28.7. The highest BCUT2D eigenvalue weighted by atomic mass is 16.6. The predicted octanol–water partition coefficient (Wildman–Crippen LogP) is 6.32. The summed E-state index contributed by atoms with van der Waals surface area (Å²) in [7, 11) is 3.27. The lowest BCUT2D eigenvalue weighted by molar-refractivity contribution is -0.154. The van der Waals surface area contributed by atoms with Gasteiger partial charge in [-0.25, -0.2) is 0 Å². The number of aryl methyl sites for hydroxylation is 2. The van der Waals surface area contributed by atoms with Gasteiger partial charge in [-0.05, 0) is 79.3 Å². The normalized spacial score (nSPS) is 11.2. The van der Waals surface area contributed by atoms with E-state index in [1.807, 2.05) is 76.6 Å². The third-order valence-corrected chi connectivity index (χ3v) is 6.26. The maximum Gasteiger partial charge on any atom is 0.310 e. The molecule has 4 rings (SSSR count). The Morgan fingerprint density at radius 1 is 0.850 bits per heavy atom. The van der Waals surface area contributed by atoms with Crippen molar-refractivity contribution in [2.24, 2.45) is 7.05 Å². The summed E-state index contributed by atoms with van der Waals surface area (Å²) in [6.45, 7) is 5.94. The number of carbonyl (C=O) groups is 2. The first kappa shape index (κ1) is 28.6. The van der Waals surface area contributed by atoms with Crippen LogP contribution in [0.3, 0.4) is 0 Å². The first-order valence-corrected chi connectivity index (χ1v) is 13.3. The van der Waals surface area contributed by atoms with Gasteiger partial charge in [-0.15, -0.1) is 0 Å². The van der Waals surface area contributed by atoms with Gasteiger partial charge in [0.05, 0.1) is 19.7 Å². The van der Waals surface area contributed by atoms with Crippen molar-refractivity contribution in [3.8, 4) is 28.0 Å². The minimum Gasteiger partial charge on any atom is -0.489 e. The summed E-state index contributed by atoms with van der Waals surface area (Å²) >= 11 is 0. The van der Waals surface area contributed by atoms with E-state index in [0.29, 0.717) is 25.2 Å². The molecule has 4 aromatic rings. The molecule has 0 unspecified atom stereocenters. The second kappa shape index (κ2) is 12.6. The number of nitrogens with zero attached hydrogens (tertiary/aromatic N) is 2. The minimum atomic E-state index is -0.496. The van der Waals surface area contributed by atoms with Crippen LogP contribution in [0.4, 0.5) is 0 Å². The molecule has 0 aliphatic carbocycles. The van der Waals surface area contributed by atoms with Gasteiger partial charge in [0.15, 0.2) is 0 Å². The Bertz CT molecular complexity index is 1480. The van der Waals surface area contributed by atoms with Gasteiger partial charge in [-0.2, -0.15) is 5.10 Å². The topological polar surface area (TPSA) is 79.7 Å². The molecular weight excluding hydrogens is 504 g/mol. The molecule has 3 aromatic carbocycles. The molecule has 1 heterocycles. The van der Waals surface area contributed by atoms with E-state index in [9.17, 15) is 9.59 Å². The predicted molar refractivity (Wildman–Crippen MR) is 155 cm³/mol. The molecule has 0 radical (unpaired) electrons. The molecule has 0 saturated carbocycles. The SMILES string of the molecule is COC(=O)Cc1ccccc1OCc1cc(-c2cccc(CCC(=O)OC(C)(C)C)c2)cc(-c2cnn(C)c2)c1. The van der Waals surface area contributed by atoms with Gasteiger partial charge in [0, 0.05) is 30.8 Å². The summed E-state index contributed by atoms with van der Waals surface area (Å²) < 4.78 is 18.3. The molecule has 7 heteroatoms. The van der Waals surface area contributed by atoms with Gasteiger partial charge in [0.25, 0.3) is 0 Å². The van der Waals surface area contributed by atoms with E-state index >= 15 is 0 Å². The molecule has 208 valence electrons. The maximum atomic E-state index is 12.3. The molecule has 0 aliphatic rings. The fourth-order valence-corrected chi connectivity index (χ4v) is 4.40. The number of hydrogen-bond donors (Lipinski definition) is 0. The van der Waals surface area contributed by atoms with Gasteiger partial charge in [0.2, 0.25) is 0 Å². The van der Waals surface area contributed by atoms with E-state index in [0.717, 1.165) is 38.9 Å². The molecule has 0 N–H and O–H groups in total. The maximum absolute atomic E-state index is 12.3. The quantitative estimate of drug-likeness (QED) is 0.219. The van der Waals surface area contributed by atoms with Gasteiger partial charge >= 0.3 is 11.9 Å². The number of benzene rings is 3. The highest BCUT2D eigenvalue weighted by molar-refractivity contribution is 5.75. The average Bonchev–Trinajstić information content (AvgIpc) is 3.36. The van der Waals surface area contributed by atoms with Gasteiger partial charge < -0.3 is 14.2 Å². The van der Waals surface area contributed by atoms with Crippen molar-refractivity contribution in [3.63, 3.8) is 0 Å². The number of rotatable bonds is 10. The Labute approximate surface area is 235 Å². The van der Waals surface area contributed by atoms with Crippen molar-refractivity contribution < 1.29 is 23.8 Å². The van der Waals surface area contributed by atoms with Crippen LogP contribution < -0.4 is 4.74 Å². The van der Waals surface area contributed by atoms with Crippen molar-refractivity contribution in [1.82, 2.24) is 9.78 Å². The van der Waals surface area contributed by atoms with Crippen molar-refractivity contribution in [2.75, 3.05) is 7.11 Å². The lowest BCUT2D eigenvalue weighted by atomic mass is 9.96. The smallest absolute Gasteiger partial charge is 0.310 e. The van der Waals surface area contributed by atoms with Gasteiger partial charge in [0.1, 0.15) is 18.0 Å². The van der Waals surface area contributed by atoms with Crippen molar-refractivity contribution in [2.45, 2.75) is 52.2 Å². The van der Waals surface area contributed by atoms with E-state index in [-0.39, 0.29) is 18.4 Å². The third-order valence-electron chi connectivity index (χ3n) is 6.26. The Hall–Kier alpha value is -4.39. The van der Waals surface area contributed by atoms with Crippen molar-refractivity contribution in [1.29, 1.82) is 0 Å². The Balaban J connectivity index is 1.60. The number of hydrogen-bond acceptors (Lipinski definition) is 6. The van der Waals surface area contributed by atoms with Crippen LogP contribution >= 0.6 is 0 Å². The number of ether oxygens (including phenoxy) is 3. The van der Waals surface area contributed by atoms with Gasteiger partial charge in [-0.1, -0.05) is 42.5 Å². The average molecular weight is 541 g/mol. The molecule has 0 atom stereocenters. The van der Waals surface area contributed by atoms with Crippen LogP contribution in [0.2, 0.25) is 0 Å². The molecular formula is C33H36N2O5. The summed E-state index contributed by atoms with van der Waals surface area (Å²) in [4.78, 5) is 24.1. The highest BCUT2D eigenvalue weighted by Gasteiger charge is 2.16. The minimum absolute atomic E-state index is 0.143.